The average molecular weight is 403 g/mol. The Hall–Kier alpha value is -2.34. The van der Waals surface area contributed by atoms with Crippen molar-refractivity contribution < 1.29 is 4.74 Å². The van der Waals surface area contributed by atoms with Gasteiger partial charge < -0.3 is 15.4 Å². The second-order valence-electron chi connectivity index (χ2n) is 5.84. The lowest BCUT2D eigenvalue weighted by Gasteiger charge is -2.09. The second kappa shape index (κ2) is 10.1. The number of hydrogen-bond acceptors (Lipinski definition) is 5. The molecule has 5 nitrogen and oxygen atoms in total. The van der Waals surface area contributed by atoms with Gasteiger partial charge in [-0.1, -0.05) is 41.4 Å². The molecule has 0 aliphatic heterocycles. The van der Waals surface area contributed by atoms with E-state index in [9.17, 15) is 0 Å². The minimum atomic E-state index is 0.464. The standard InChI is InChI=1S/C20H20Cl2N4O/c21-16-11-19(22)20(26-13-16)25-10-9-23-12-15-4-6-18(7-5-15)27-14-17-3-1-2-8-24-17/h1-8,11,13,23H,9-10,12,14H2,(H,25,26). The van der Waals surface area contributed by atoms with Crippen molar-refractivity contribution in [3.63, 3.8) is 0 Å². The Morgan fingerprint density at radius 2 is 1.81 bits per heavy atom. The maximum Gasteiger partial charge on any atom is 0.144 e. The first-order valence-corrected chi connectivity index (χ1v) is 9.33. The molecule has 0 radical (unpaired) electrons. The van der Waals surface area contributed by atoms with Crippen LogP contribution in [0.2, 0.25) is 10.0 Å². The summed E-state index contributed by atoms with van der Waals surface area (Å²) < 4.78 is 5.74. The maximum atomic E-state index is 6.07. The fraction of sp³-hybridized carbons (Fsp3) is 0.200. The third-order valence-corrected chi connectivity index (χ3v) is 4.26. The first-order valence-electron chi connectivity index (χ1n) is 8.58. The van der Waals surface area contributed by atoms with Crippen LogP contribution in [-0.4, -0.2) is 23.1 Å². The summed E-state index contributed by atoms with van der Waals surface area (Å²) in [6.07, 6.45) is 3.33. The number of hydrogen-bond donors (Lipinski definition) is 2. The molecule has 3 rings (SSSR count). The number of rotatable bonds is 9. The van der Waals surface area contributed by atoms with Crippen molar-refractivity contribution in [3.8, 4) is 5.75 Å². The van der Waals surface area contributed by atoms with E-state index in [1.54, 1.807) is 18.5 Å². The van der Waals surface area contributed by atoms with Gasteiger partial charge in [0.15, 0.2) is 0 Å². The molecule has 0 saturated carbocycles. The lowest BCUT2D eigenvalue weighted by atomic mass is 10.2. The summed E-state index contributed by atoms with van der Waals surface area (Å²) in [7, 11) is 0. The largest absolute Gasteiger partial charge is 0.487 e. The first-order chi connectivity index (χ1) is 13.2. The van der Waals surface area contributed by atoms with E-state index in [4.69, 9.17) is 27.9 Å². The molecule has 1 aromatic carbocycles. The van der Waals surface area contributed by atoms with Crippen molar-refractivity contribution in [2.75, 3.05) is 18.4 Å². The molecular weight excluding hydrogens is 383 g/mol. The number of anilines is 1. The topological polar surface area (TPSA) is 59.1 Å². The van der Waals surface area contributed by atoms with E-state index >= 15 is 0 Å². The van der Waals surface area contributed by atoms with Crippen LogP contribution in [0.25, 0.3) is 0 Å². The fourth-order valence-corrected chi connectivity index (χ4v) is 2.84. The third-order valence-electron chi connectivity index (χ3n) is 3.77. The molecule has 2 N–H and O–H groups in total. The van der Waals surface area contributed by atoms with E-state index in [2.05, 4.69) is 20.6 Å². The zero-order valence-corrected chi connectivity index (χ0v) is 16.2. The zero-order valence-electron chi connectivity index (χ0n) is 14.7. The van der Waals surface area contributed by atoms with Crippen LogP contribution in [0.15, 0.2) is 60.9 Å². The highest BCUT2D eigenvalue weighted by Gasteiger charge is 2.02. The molecule has 2 aromatic heterocycles. The smallest absolute Gasteiger partial charge is 0.144 e. The van der Waals surface area contributed by atoms with Crippen molar-refractivity contribution in [2.24, 2.45) is 0 Å². The number of nitrogens with zero attached hydrogens (tertiary/aromatic N) is 2. The Kier molecular flexibility index (Phi) is 7.27. The van der Waals surface area contributed by atoms with Crippen molar-refractivity contribution >= 4 is 29.0 Å². The summed E-state index contributed by atoms with van der Waals surface area (Å²) in [6.45, 7) is 2.72. The van der Waals surface area contributed by atoms with E-state index in [-0.39, 0.29) is 0 Å². The normalized spacial score (nSPS) is 10.6. The highest BCUT2D eigenvalue weighted by Crippen LogP contribution is 2.22. The van der Waals surface area contributed by atoms with Crippen LogP contribution in [0.5, 0.6) is 5.75 Å². The van der Waals surface area contributed by atoms with E-state index in [0.29, 0.717) is 29.0 Å². The summed E-state index contributed by atoms with van der Waals surface area (Å²) in [6, 6.07) is 15.5. The van der Waals surface area contributed by atoms with Gasteiger partial charge in [0, 0.05) is 32.0 Å². The van der Waals surface area contributed by atoms with Crippen LogP contribution in [0, 0.1) is 0 Å². The van der Waals surface area contributed by atoms with Gasteiger partial charge in [0.05, 0.1) is 15.7 Å². The molecule has 0 amide bonds. The predicted octanol–water partition coefficient (Wildman–Crippen LogP) is 4.56. The first kappa shape index (κ1) is 19.4. The molecule has 0 atom stereocenters. The summed E-state index contributed by atoms with van der Waals surface area (Å²) in [5, 5.41) is 7.59. The van der Waals surface area contributed by atoms with Gasteiger partial charge in [0.25, 0.3) is 0 Å². The molecule has 0 saturated heterocycles. The molecule has 2 heterocycles. The van der Waals surface area contributed by atoms with Crippen molar-refractivity contribution in [1.29, 1.82) is 0 Å². The molecular formula is C20H20Cl2N4O. The van der Waals surface area contributed by atoms with Gasteiger partial charge in [0.1, 0.15) is 18.2 Å². The van der Waals surface area contributed by atoms with Crippen LogP contribution in [-0.2, 0) is 13.2 Å². The van der Waals surface area contributed by atoms with Crippen molar-refractivity contribution in [3.05, 3.63) is 82.2 Å². The SMILES string of the molecule is Clc1cnc(NCCNCc2ccc(OCc3ccccn3)cc2)c(Cl)c1. The van der Waals surface area contributed by atoms with E-state index in [1.165, 1.54) is 5.56 Å². The summed E-state index contributed by atoms with van der Waals surface area (Å²) in [5.41, 5.74) is 2.09. The molecule has 140 valence electrons. The molecule has 0 aliphatic rings. The minimum absolute atomic E-state index is 0.464. The Morgan fingerprint density at radius 3 is 2.56 bits per heavy atom. The number of halogens is 2. The van der Waals surface area contributed by atoms with Gasteiger partial charge in [-0.25, -0.2) is 4.98 Å². The highest BCUT2D eigenvalue weighted by molar-refractivity contribution is 6.35. The Bertz CT molecular complexity index is 844. The van der Waals surface area contributed by atoms with Crippen LogP contribution in [0.1, 0.15) is 11.3 Å². The Balaban J connectivity index is 1.36. The molecule has 7 heteroatoms. The molecule has 0 bridgehead atoms. The minimum Gasteiger partial charge on any atom is -0.487 e. The average Bonchev–Trinajstić information content (AvgIpc) is 2.69. The number of pyridine rings is 2. The van der Waals surface area contributed by atoms with Gasteiger partial charge in [-0.15, -0.1) is 0 Å². The Labute approximate surface area is 168 Å². The lowest BCUT2D eigenvalue weighted by Crippen LogP contribution is -2.22. The molecule has 0 fully saturated rings. The monoisotopic (exact) mass is 402 g/mol. The number of nitrogens with one attached hydrogen (secondary N) is 2. The molecule has 0 aliphatic carbocycles. The lowest BCUT2D eigenvalue weighted by molar-refractivity contribution is 0.301. The van der Waals surface area contributed by atoms with Crippen LogP contribution in [0.3, 0.4) is 0 Å². The van der Waals surface area contributed by atoms with Crippen molar-refractivity contribution in [2.45, 2.75) is 13.2 Å². The zero-order chi connectivity index (χ0) is 18.9. The summed E-state index contributed by atoms with van der Waals surface area (Å²) in [4.78, 5) is 8.40. The highest BCUT2D eigenvalue weighted by atomic mass is 35.5. The maximum absolute atomic E-state index is 6.07. The van der Waals surface area contributed by atoms with Crippen molar-refractivity contribution in [1.82, 2.24) is 15.3 Å². The molecule has 0 unspecified atom stereocenters. The number of benzene rings is 1. The molecule has 3 aromatic rings. The quantitative estimate of drug-likeness (QED) is 0.513. The third kappa shape index (κ3) is 6.40. The fourth-order valence-electron chi connectivity index (χ4n) is 2.39. The van der Waals surface area contributed by atoms with E-state index < -0.39 is 0 Å². The second-order valence-corrected chi connectivity index (χ2v) is 6.68. The van der Waals surface area contributed by atoms with Gasteiger partial charge in [0.2, 0.25) is 0 Å². The van der Waals surface area contributed by atoms with E-state index in [0.717, 1.165) is 24.5 Å². The predicted molar refractivity (Wildman–Crippen MR) is 109 cm³/mol. The summed E-state index contributed by atoms with van der Waals surface area (Å²) >= 11 is 11.9. The van der Waals surface area contributed by atoms with Crippen LogP contribution >= 0.6 is 23.2 Å². The molecule has 0 spiro atoms. The summed E-state index contributed by atoms with van der Waals surface area (Å²) in [5.74, 6) is 1.46. The molecule has 27 heavy (non-hydrogen) atoms. The van der Waals surface area contributed by atoms with Gasteiger partial charge in [-0.2, -0.15) is 0 Å². The van der Waals surface area contributed by atoms with Crippen LogP contribution in [0.4, 0.5) is 5.82 Å². The van der Waals surface area contributed by atoms with Gasteiger partial charge in [-0.3, -0.25) is 4.98 Å². The van der Waals surface area contributed by atoms with Crippen LogP contribution < -0.4 is 15.4 Å². The van der Waals surface area contributed by atoms with Gasteiger partial charge in [-0.05, 0) is 35.9 Å². The number of aromatic nitrogens is 2. The number of ether oxygens (including phenoxy) is 1. The van der Waals surface area contributed by atoms with E-state index in [1.807, 2.05) is 42.5 Å². The Morgan fingerprint density at radius 1 is 0.963 bits per heavy atom. The van der Waals surface area contributed by atoms with Gasteiger partial charge >= 0.3 is 0 Å².